The first-order chi connectivity index (χ1) is 23.9. The van der Waals surface area contributed by atoms with E-state index in [9.17, 15) is 20.1 Å². The monoisotopic (exact) mass is 724 g/mol. The van der Waals surface area contributed by atoms with Crippen LogP contribution in [-0.4, -0.2) is 107 Å². The van der Waals surface area contributed by atoms with Crippen LogP contribution < -0.4 is 0 Å². The fourth-order valence-electron chi connectivity index (χ4n) is 11.3. The number of carboxylic acid groups (broad SMARTS) is 1. The van der Waals surface area contributed by atoms with Crippen molar-refractivity contribution in [2.24, 2.45) is 41.4 Å². The summed E-state index contributed by atoms with van der Waals surface area (Å²) in [6.07, 6.45) is 5.85. The Morgan fingerprint density at radius 2 is 1.59 bits per heavy atom. The van der Waals surface area contributed by atoms with Gasteiger partial charge >= 0.3 is 5.97 Å². The van der Waals surface area contributed by atoms with Gasteiger partial charge in [-0.05, 0) is 83.5 Å². The van der Waals surface area contributed by atoms with Crippen LogP contribution in [0.15, 0.2) is 0 Å². The van der Waals surface area contributed by atoms with Gasteiger partial charge < -0.3 is 48.5 Å². The van der Waals surface area contributed by atoms with E-state index in [-0.39, 0.29) is 84.3 Å². The maximum atomic E-state index is 11.8. The summed E-state index contributed by atoms with van der Waals surface area (Å²) < 4.78 is 47.0. The van der Waals surface area contributed by atoms with E-state index >= 15 is 0 Å². The van der Waals surface area contributed by atoms with E-state index in [4.69, 9.17) is 33.2 Å². The molecule has 19 atom stereocenters. The largest absolute Gasteiger partial charge is 0.481 e. The van der Waals surface area contributed by atoms with Crippen LogP contribution in [0.2, 0.25) is 0 Å². The van der Waals surface area contributed by atoms with Crippen LogP contribution in [0.1, 0.15) is 120 Å². The quantitative estimate of drug-likeness (QED) is 0.269. The molecular formula is C40H68O11. The SMILES string of the molecule is CO[C@@H]1C[C@@H](C[C@H]2CC[C@H](C)C(C(C)C(=O)O)O2)O[C@]2(OC(C)(C3CCC(C)(C4O[C@@H]([C@H]5O[C@@](O)(CO)[C@H](C)C[C@@H]5C)C[C@@H]4C)O3)CC2C)[C@@H]1C. The average molecular weight is 725 g/mol. The summed E-state index contributed by atoms with van der Waals surface area (Å²) in [6, 6.07) is 0. The predicted molar refractivity (Wildman–Crippen MR) is 189 cm³/mol. The van der Waals surface area contributed by atoms with Crippen LogP contribution in [0, 0.1) is 41.4 Å². The van der Waals surface area contributed by atoms with Gasteiger partial charge in [-0.15, -0.1) is 0 Å². The molecule has 0 aromatic carbocycles. The lowest BCUT2D eigenvalue weighted by Crippen LogP contribution is -2.58. The van der Waals surface area contributed by atoms with Crippen LogP contribution in [-0.2, 0) is 38.0 Å². The van der Waals surface area contributed by atoms with Crippen molar-refractivity contribution in [3.05, 3.63) is 0 Å². The second-order valence-electron chi connectivity index (χ2n) is 18.4. The highest BCUT2D eigenvalue weighted by Crippen LogP contribution is 2.57. The van der Waals surface area contributed by atoms with Gasteiger partial charge in [0.2, 0.25) is 0 Å². The normalized spacial score (nSPS) is 54.2. The topological polar surface area (TPSA) is 142 Å². The van der Waals surface area contributed by atoms with Gasteiger partial charge in [0.25, 0.3) is 0 Å². The fraction of sp³-hybridized carbons (Fsp3) is 0.975. The average Bonchev–Trinajstić information content (AvgIpc) is 3.75. The zero-order valence-corrected chi connectivity index (χ0v) is 32.8. The third kappa shape index (κ3) is 7.19. The molecule has 0 saturated carbocycles. The summed E-state index contributed by atoms with van der Waals surface area (Å²) in [5, 5.41) is 30.7. The third-order valence-corrected chi connectivity index (χ3v) is 14.4. The zero-order chi connectivity index (χ0) is 37.3. The minimum atomic E-state index is -1.55. The van der Waals surface area contributed by atoms with E-state index in [1.807, 2.05) is 6.92 Å². The molecule has 51 heavy (non-hydrogen) atoms. The molecule has 6 heterocycles. The van der Waals surface area contributed by atoms with E-state index in [1.54, 1.807) is 14.0 Å². The summed E-state index contributed by atoms with van der Waals surface area (Å²) in [4.78, 5) is 11.8. The van der Waals surface area contributed by atoms with Gasteiger partial charge in [0.1, 0.15) is 0 Å². The highest BCUT2D eigenvalue weighted by molar-refractivity contribution is 5.70. The van der Waals surface area contributed by atoms with Gasteiger partial charge in [-0.1, -0.05) is 41.5 Å². The first kappa shape index (κ1) is 39.8. The van der Waals surface area contributed by atoms with Crippen molar-refractivity contribution in [1.82, 2.24) is 0 Å². The summed E-state index contributed by atoms with van der Waals surface area (Å²) >= 11 is 0. The predicted octanol–water partition coefficient (Wildman–Crippen LogP) is 5.71. The zero-order valence-electron chi connectivity index (χ0n) is 32.8. The third-order valence-electron chi connectivity index (χ3n) is 14.4. The highest BCUT2D eigenvalue weighted by atomic mass is 16.7. The van der Waals surface area contributed by atoms with Crippen LogP contribution in [0.3, 0.4) is 0 Å². The van der Waals surface area contributed by atoms with Gasteiger partial charge in [0.05, 0.1) is 72.6 Å². The van der Waals surface area contributed by atoms with Crippen molar-refractivity contribution in [3.8, 4) is 0 Å². The molecular weight excluding hydrogens is 656 g/mol. The van der Waals surface area contributed by atoms with Gasteiger partial charge in [-0.3, -0.25) is 4.79 Å². The van der Waals surface area contributed by atoms with Crippen molar-refractivity contribution in [1.29, 1.82) is 0 Å². The first-order valence-corrected chi connectivity index (χ1v) is 20.0. The molecule has 6 aliphatic rings. The first-order valence-electron chi connectivity index (χ1n) is 20.0. The minimum Gasteiger partial charge on any atom is -0.481 e. The summed E-state index contributed by atoms with van der Waals surface area (Å²) in [6.45, 7) is 18.4. The van der Waals surface area contributed by atoms with Gasteiger partial charge in [-0.25, -0.2) is 0 Å². The minimum absolute atomic E-state index is 0.00727. The molecule has 6 aliphatic heterocycles. The maximum absolute atomic E-state index is 11.8. The Morgan fingerprint density at radius 1 is 0.863 bits per heavy atom. The lowest BCUT2D eigenvalue weighted by atomic mass is 9.78. The summed E-state index contributed by atoms with van der Waals surface area (Å²) in [7, 11) is 1.77. The van der Waals surface area contributed by atoms with Crippen molar-refractivity contribution >= 4 is 5.97 Å². The Labute approximate surface area is 305 Å². The molecule has 294 valence electrons. The van der Waals surface area contributed by atoms with Crippen molar-refractivity contribution in [2.45, 2.75) is 192 Å². The van der Waals surface area contributed by atoms with Crippen LogP contribution in [0.4, 0.5) is 0 Å². The molecule has 6 fully saturated rings. The molecule has 0 aliphatic carbocycles. The molecule has 0 aromatic heterocycles. The lowest BCUT2D eigenvalue weighted by Gasteiger charge is -2.50. The van der Waals surface area contributed by atoms with Crippen LogP contribution in [0.5, 0.6) is 0 Å². The summed E-state index contributed by atoms with van der Waals surface area (Å²) in [5.74, 6) is -3.26. The standard InChI is InChI=1S/C40H68O11/c1-21-11-12-28(46-33(21)26(6)36(42)43)17-29-18-30(45-10)27(7)40(48-29)25(5)19-38(9,51-40)32-13-14-37(8,49-32)35-23(3)16-31(47-35)34-22(2)15-24(4)39(44,20-41)50-34/h21-35,41,44H,11-20H2,1-10H3,(H,42,43)/t21-,22-,23-,24+,25?,26?,27+,28+,29+,30+,31+,32?,33?,34-,35?,37?,38?,39-,40+/m0/s1. The Balaban J connectivity index is 1.13. The fourth-order valence-corrected chi connectivity index (χ4v) is 11.3. The second kappa shape index (κ2) is 14.6. The number of aliphatic hydroxyl groups is 2. The van der Waals surface area contributed by atoms with Gasteiger partial charge in [0.15, 0.2) is 11.6 Å². The summed E-state index contributed by atoms with van der Waals surface area (Å²) in [5.41, 5.74) is -1.10. The van der Waals surface area contributed by atoms with E-state index in [1.165, 1.54) is 0 Å². The number of rotatable bonds is 9. The van der Waals surface area contributed by atoms with Gasteiger partial charge in [0, 0.05) is 37.7 Å². The molecule has 6 saturated heterocycles. The van der Waals surface area contributed by atoms with Crippen molar-refractivity contribution in [2.75, 3.05) is 13.7 Å². The Morgan fingerprint density at radius 3 is 2.25 bits per heavy atom. The molecule has 3 N–H and O–H groups in total. The molecule has 0 bridgehead atoms. The highest BCUT2D eigenvalue weighted by Gasteiger charge is 2.65. The number of aliphatic carboxylic acids is 1. The number of aliphatic hydroxyl groups excluding tert-OH is 1. The smallest absolute Gasteiger partial charge is 0.308 e. The molecule has 11 nitrogen and oxygen atoms in total. The van der Waals surface area contributed by atoms with Crippen molar-refractivity contribution in [3.63, 3.8) is 0 Å². The van der Waals surface area contributed by atoms with E-state index in [0.717, 1.165) is 51.4 Å². The lowest BCUT2D eigenvalue weighted by molar-refractivity contribution is -0.353. The number of hydrogen-bond donors (Lipinski definition) is 3. The van der Waals surface area contributed by atoms with E-state index < -0.39 is 41.3 Å². The van der Waals surface area contributed by atoms with Crippen LogP contribution >= 0.6 is 0 Å². The number of carboxylic acids is 1. The Kier molecular flexibility index (Phi) is 11.4. The number of ether oxygens (including phenoxy) is 7. The molecule has 11 heteroatoms. The van der Waals surface area contributed by atoms with E-state index in [2.05, 4.69) is 48.5 Å². The molecule has 7 unspecified atom stereocenters. The number of methoxy groups -OCH3 is 1. The molecule has 0 radical (unpaired) electrons. The molecule has 6 rings (SSSR count). The second-order valence-corrected chi connectivity index (χ2v) is 18.4. The van der Waals surface area contributed by atoms with Gasteiger partial charge in [-0.2, -0.15) is 0 Å². The van der Waals surface area contributed by atoms with E-state index in [0.29, 0.717) is 6.42 Å². The Hall–Kier alpha value is -0.890. The maximum Gasteiger partial charge on any atom is 0.308 e. The van der Waals surface area contributed by atoms with Crippen LogP contribution in [0.25, 0.3) is 0 Å². The molecule has 0 aromatic rings. The number of carbonyl (C=O) groups is 1. The Bertz CT molecular complexity index is 1230. The number of hydrogen-bond acceptors (Lipinski definition) is 10. The molecule has 0 amide bonds. The van der Waals surface area contributed by atoms with Crippen molar-refractivity contribution < 1.29 is 53.3 Å². The molecule has 1 spiro atoms.